The van der Waals surface area contributed by atoms with Gasteiger partial charge in [0, 0.05) is 34.3 Å². The summed E-state index contributed by atoms with van der Waals surface area (Å²) in [5.74, 6) is 1.78. The van der Waals surface area contributed by atoms with Gasteiger partial charge in [0.05, 0.1) is 13.7 Å². The summed E-state index contributed by atoms with van der Waals surface area (Å²) in [5.41, 5.74) is 3.96. The average Bonchev–Trinajstić information content (AvgIpc) is 3.53. The molecule has 0 radical (unpaired) electrons. The second kappa shape index (κ2) is 9.52. The average molecular weight is 412 g/mol. The van der Waals surface area contributed by atoms with Gasteiger partial charge in [0.1, 0.15) is 23.6 Å². The number of benzene rings is 2. The third kappa shape index (κ3) is 5.12. The molecule has 0 saturated carbocycles. The first-order valence-electron chi connectivity index (χ1n) is 9.24. The van der Waals surface area contributed by atoms with Gasteiger partial charge < -0.3 is 20.1 Å². The molecule has 1 aliphatic rings. The SMILES string of the molecule is CNc1ccc(OC)c(COc2cccc3ccc(C)nc23)c1SC.O=C1CN1. The fourth-order valence-electron chi connectivity index (χ4n) is 2.89. The van der Waals surface area contributed by atoms with Gasteiger partial charge in [0.2, 0.25) is 5.91 Å². The van der Waals surface area contributed by atoms with Crippen LogP contribution in [0.4, 0.5) is 5.69 Å². The number of anilines is 1. The number of thioether (sulfide) groups is 1. The molecule has 1 saturated heterocycles. The maximum Gasteiger partial charge on any atom is 0.239 e. The van der Waals surface area contributed by atoms with Crippen LogP contribution in [0.25, 0.3) is 10.9 Å². The minimum absolute atomic E-state index is 0.167. The standard InChI is InChI=1S/C20H22N2O2S.C2H3NO/c1-13-8-9-14-6-5-7-18(19(14)22-13)24-12-15-17(23-3)11-10-16(21-2)20(15)25-4;4-2-1-3-2/h5-11,21H,12H2,1-4H3;1H2,(H,3,4). The largest absolute Gasteiger partial charge is 0.496 e. The summed E-state index contributed by atoms with van der Waals surface area (Å²) in [6, 6.07) is 14.1. The molecule has 4 rings (SSSR count). The third-order valence-electron chi connectivity index (χ3n) is 4.43. The molecule has 2 N–H and O–H groups in total. The summed E-state index contributed by atoms with van der Waals surface area (Å²) in [6.45, 7) is 3.01. The maximum atomic E-state index is 9.44. The lowest BCUT2D eigenvalue weighted by molar-refractivity contribution is -0.110. The van der Waals surface area contributed by atoms with Crippen LogP contribution in [0.3, 0.4) is 0 Å². The number of ether oxygens (including phenoxy) is 2. The van der Waals surface area contributed by atoms with E-state index in [1.807, 2.05) is 50.4 Å². The summed E-state index contributed by atoms with van der Waals surface area (Å²) in [4.78, 5) is 15.2. The van der Waals surface area contributed by atoms with Crippen molar-refractivity contribution in [1.82, 2.24) is 10.3 Å². The molecular formula is C22H25N3O3S. The predicted octanol–water partition coefficient (Wildman–Crippen LogP) is 4.01. The van der Waals surface area contributed by atoms with E-state index in [1.54, 1.807) is 18.9 Å². The first kappa shape index (κ1) is 20.8. The molecule has 1 aliphatic heterocycles. The monoisotopic (exact) mass is 411 g/mol. The minimum atomic E-state index is 0.167. The Hall–Kier alpha value is -2.93. The maximum absolute atomic E-state index is 9.44. The number of rotatable bonds is 6. The minimum Gasteiger partial charge on any atom is -0.496 e. The van der Waals surface area contributed by atoms with E-state index in [2.05, 4.69) is 27.9 Å². The molecule has 1 amide bonds. The Kier molecular flexibility index (Phi) is 6.82. The van der Waals surface area contributed by atoms with Crippen LogP contribution in [-0.2, 0) is 11.4 Å². The zero-order chi connectivity index (χ0) is 20.8. The number of amides is 1. The lowest BCUT2D eigenvalue weighted by atomic mass is 10.1. The van der Waals surface area contributed by atoms with Crippen molar-refractivity contribution in [2.45, 2.75) is 18.4 Å². The Morgan fingerprint density at radius 3 is 2.55 bits per heavy atom. The van der Waals surface area contributed by atoms with E-state index >= 15 is 0 Å². The summed E-state index contributed by atoms with van der Waals surface area (Å²) < 4.78 is 11.7. The molecule has 0 spiro atoms. The third-order valence-corrected chi connectivity index (χ3v) is 5.30. The Morgan fingerprint density at radius 2 is 1.93 bits per heavy atom. The number of hydrogen-bond acceptors (Lipinski definition) is 6. The number of hydrogen-bond donors (Lipinski definition) is 2. The van der Waals surface area contributed by atoms with Crippen LogP contribution in [0.1, 0.15) is 11.3 Å². The second-order valence-corrected chi connectivity index (χ2v) is 7.24. The first-order chi connectivity index (χ1) is 14.1. The van der Waals surface area contributed by atoms with Crippen LogP contribution >= 0.6 is 11.8 Å². The van der Waals surface area contributed by atoms with E-state index < -0.39 is 0 Å². The van der Waals surface area contributed by atoms with Crippen molar-refractivity contribution in [3.63, 3.8) is 0 Å². The molecule has 0 unspecified atom stereocenters. The molecule has 0 aliphatic carbocycles. The number of aryl methyl sites for hydroxylation is 1. The molecule has 152 valence electrons. The lowest BCUT2D eigenvalue weighted by Crippen LogP contribution is -2.04. The number of pyridine rings is 1. The van der Waals surface area contributed by atoms with Crippen LogP contribution in [0.15, 0.2) is 47.4 Å². The first-order valence-corrected chi connectivity index (χ1v) is 10.5. The zero-order valence-electron chi connectivity index (χ0n) is 17.0. The van der Waals surface area contributed by atoms with Gasteiger partial charge in [-0.05, 0) is 37.4 Å². The molecule has 29 heavy (non-hydrogen) atoms. The molecule has 0 atom stereocenters. The molecule has 2 heterocycles. The number of carbonyl (C=O) groups is 1. The number of methoxy groups -OCH3 is 1. The smallest absolute Gasteiger partial charge is 0.239 e. The summed E-state index contributed by atoms with van der Waals surface area (Å²) in [5, 5.41) is 6.76. The number of nitrogens with zero attached hydrogens (tertiary/aromatic N) is 1. The number of para-hydroxylation sites is 1. The topological polar surface area (TPSA) is 82.4 Å². The van der Waals surface area contributed by atoms with E-state index in [0.717, 1.165) is 44.2 Å². The fraction of sp³-hybridized carbons (Fsp3) is 0.273. The van der Waals surface area contributed by atoms with Gasteiger partial charge in [-0.25, -0.2) is 4.98 Å². The van der Waals surface area contributed by atoms with Gasteiger partial charge in [-0.3, -0.25) is 4.79 Å². The summed E-state index contributed by atoms with van der Waals surface area (Å²) in [6.07, 6.45) is 2.06. The van der Waals surface area contributed by atoms with Crippen LogP contribution < -0.4 is 20.1 Å². The number of nitrogens with one attached hydrogen (secondary N) is 2. The molecule has 0 bridgehead atoms. The van der Waals surface area contributed by atoms with Crippen molar-refractivity contribution < 1.29 is 14.3 Å². The summed E-state index contributed by atoms with van der Waals surface area (Å²) in [7, 11) is 3.61. The van der Waals surface area contributed by atoms with Crippen LogP contribution in [0, 0.1) is 6.92 Å². The number of carbonyl (C=O) groups excluding carboxylic acids is 1. The highest BCUT2D eigenvalue weighted by Gasteiger charge is 2.15. The van der Waals surface area contributed by atoms with Crippen molar-refractivity contribution in [3.05, 3.63) is 53.7 Å². The number of aromatic nitrogens is 1. The highest BCUT2D eigenvalue weighted by molar-refractivity contribution is 7.98. The zero-order valence-corrected chi connectivity index (χ0v) is 17.9. The molecule has 2 aromatic carbocycles. The molecule has 7 heteroatoms. The van der Waals surface area contributed by atoms with Gasteiger partial charge >= 0.3 is 0 Å². The second-order valence-electron chi connectivity index (χ2n) is 6.42. The lowest BCUT2D eigenvalue weighted by Gasteiger charge is -2.17. The Bertz CT molecular complexity index is 1020. The van der Waals surface area contributed by atoms with Crippen molar-refractivity contribution in [3.8, 4) is 11.5 Å². The van der Waals surface area contributed by atoms with Gasteiger partial charge in [-0.1, -0.05) is 18.2 Å². The predicted molar refractivity (Wildman–Crippen MR) is 118 cm³/mol. The van der Waals surface area contributed by atoms with Gasteiger partial charge in [-0.15, -0.1) is 11.8 Å². The van der Waals surface area contributed by atoms with Crippen molar-refractivity contribution in [2.75, 3.05) is 32.3 Å². The number of fused-ring (bicyclic) bond motifs is 1. The van der Waals surface area contributed by atoms with Crippen molar-refractivity contribution in [1.29, 1.82) is 0 Å². The van der Waals surface area contributed by atoms with Gasteiger partial charge in [-0.2, -0.15) is 0 Å². The summed E-state index contributed by atoms with van der Waals surface area (Å²) >= 11 is 1.68. The van der Waals surface area contributed by atoms with Crippen molar-refractivity contribution >= 4 is 34.3 Å². The van der Waals surface area contributed by atoms with E-state index in [1.165, 1.54) is 0 Å². The highest BCUT2D eigenvalue weighted by atomic mass is 32.2. The van der Waals surface area contributed by atoms with Crippen LogP contribution in [-0.4, -0.2) is 37.8 Å². The molecule has 3 aromatic rings. The fourth-order valence-corrected chi connectivity index (χ4v) is 3.68. The van der Waals surface area contributed by atoms with E-state index in [-0.39, 0.29) is 5.91 Å². The Balaban J connectivity index is 0.000000536. The molecule has 1 aromatic heterocycles. The van der Waals surface area contributed by atoms with Gasteiger partial charge in [0.25, 0.3) is 0 Å². The Morgan fingerprint density at radius 1 is 1.17 bits per heavy atom. The quantitative estimate of drug-likeness (QED) is 0.471. The van der Waals surface area contributed by atoms with E-state index in [4.69, 9.17) is 9.47 Å². The van der Waals surface area contributed by atoms with E-state index in [9.17, 15) is 4.79 Å². The normalized spacial score (nSPS) is 11.9. The molecule has 6 nitrogen and oxygen atoms in total. The highest BCUT2D eigenvalue weighted by Crippen LogP contribution is 2.36. The van der Waals surface area contributed by atoms with Gasteiger partial charge in [0.15, 0.2) is 0 Å². The van der Waals surface area contributed by atoms with Crippen molar-refractivity contribution in [2.24, 2.45) is 0 Å². The Labute approximate surface area is 175 Å². The molecular weight excluding hydrogens is 386 g/mol. The molecule has 1 fully saturated rings. The van der Waals surface area contributed by atoms with E-state index in [0.29, 0.717) is 13.2 Å². The van der Waals surface area contributed by atoms with Crippen LogP contribution in [0.5, 0.6) is 11.5 Å². The van der Waals surface area contributed by atoms with Crippen LogP contribution in [0.2, 0.25) is 0 Å².